The largest absolute Gasteiger partial charge is 0.392 e. The number of hydrogen-bond donors (Lipinski definition) is 1. The van der Waals surface area contributed by atoms with E-state index in [1.54, 1.807) is 11.8 Å². The molecule has 0 spiro atoms. The lowest BCUT2D eigenvalue weighted by molar-refractivity contribution is 0.106. The average Bonchev–Trinajstić information content (AvgIpc) is 2.30. The summed E-state index contributed by atoms with van der Waals surface area (Å²) in [6.45, 7) is 0. The van der Waals surface area contributed by atoms with Crippen molar-refractivity contribution in [1.82, 2.24) is 0 Å². The lowest BCUT2D eigenvalue weighted by Gasteiger charge is -2.27. The molecule has 2 heteroatoms. The van der Waals surface area contributed by atoms with Crippen molar-refractivity contribution < 1.29 is 5.11 Å². The van der Waals surface area contributed by atoms with Crippen molar-refractivity contribution >= 4 is 11.8 Å². The van der Waals surface area contributed by atoms with Crippen molar-refractivity contribution in [2.24, 2.45) is 0 Å². The van der Waals surface area contributed by atoms with Crippen LogP contribution in [0.25, 0.3) is 0 Å². The number of aliphatic hydroxyl groups excluding tert-OH is 1. The van der Waals surface area contributed by atoms with Gasteiger partial charge in [-0.05, 0) is 36.8 Å². The number of hydrogen-bond acceptors (Lipinski definition) is 2. The Hall–Kier alpha value is -0.470. The van der Waals surface area contributed by atoms with E-state index in [9.17, 15) is 5.11 Å². The van der Waals surface area contributed by atoms with Crippen molar-refractivity contribution in [1.29, 1.82) is 0 Å². The van der Waals surface area contributed by atoms with E-state index in [0.29, 0.717) is 5.92 Å². The summed E-state index contributed by atoms with van der Waals surface area (Å²) in [6, 6.07) is 8.65. The first-order chi connectivity index (χ1) is 7.31. The van der Waals surface area contributed by atoms with Gasteiger partial charge in [-0.3, -0.25) is 0 Å². The highest BCUT2D eigenvalue weighted by Crippen LogP contribution is 2.33. The minimum atomic E-state index is -0.126. The van der Waals surface area contributed by atoms with Gasteiger partial charge in [0.05, 0.1) is 6.10 Å². The van der Waals surface area contributed by atoms with Gasteiger partial charge in [-0.25, -0.2) is 0 Å². The van der Waals surface area contributed by atoms with Gasteiger partial charge in [-0.15, -0.1) is 11.8 Å². The molecular weight excluding hydrogens is 204 g/mol. The second-order valence-electron chi connectivity index (χ2n) is 4.23. The maximum atomic E-state index is 9.94. The molecule has 0 amide bonds. The molecule has 2 rings (SSSR count). The van der Waals surface area contributed by atoms with E-state index in [0.717, 1.165) is 12.8 Å². The molecular formula is C13H18OS. The van der Waals surface area contributed by atoms with Gasteiger partial charge in [0.15, 0.2) is 0 Å². The minimum absolute atomic E-state index is 0.126. The highest BCUT2D eigenvalue weighted by molar-refractivity contribution is 7.98. The van der Waals surface area contributed by atoms with E-state index in [-0.39, 0.29) is 6.10 Å². The third-order valence-electron chi connectivity index (χ3n) is 3.27. The summed E-state index contributed by atoms with van der Waals surface area (Å²) in [4.78, 5) is 1.30. The molecule has 2 atom stereocenters. The zero-order valence-electron chi connectivity index (χ0n) is 9.15. The van der Waals surface area contributed by atoms with E-state index in [1.807, 2.05) is 0 Å². The van der Waals surface area contributed by atoms with Crippen LogP contribution >= 0.6 is 11.8 Å². The number of aliphatic hydroxyl groups is 1. The maximum absolute atomic E-state index is 9.94. The van der Waals surface area contributed by atoms with Gasteiger partial charge in [-0.1, -0.05) is 25.0 Å². The molecule has 1 aliphatic rings. The molecule has 1 saturated carbocycles. The van der Waals surface area contributed by atoms with E-state index >= 15 is 0 Å². The molecule has 82 valence electrons. The molecule has 0 saturated heterocycles. The van der Waals surface area contributed by atoms with Gasteiger partial charge in [0, 0.05) is 10.8 Å². The van der Waals surface area contributed by atoms with Crippen LogP contribution in [0, 0.1) is 0 Å². The summed E-state index contributed by atoms with van der Waals surface area (Å²) >= 11 is 1.76. The van der Waals surface area contributed by atoms with E-state index < -0.39 is 0 Å². The number of rotatable bonds is 2. The smallest absolute Gasteiger partial charge is 0.0608 e. The predicted octanol–water partition coefficient (Wildman–Crippen LogP) is 3.43. The fourth-order valence-electron chi connectivity index (χ4n) is 2.35. The van der Waals surface area contributed by atoms with Crippen molar-refractivity contribution in [2.75, 3.05) is 6.26 Å². The molecule has 0 aromatic heterocycles. The first-order valence-corrected chi connectivity index (χ1v) is 6.86. The van der Waals surface area contributed by atoms with Crippen molar-refractivity contribution in [3.8, 4) is 0 Å². The normalized spacial score (nSPS) is 26.5. The lowest BCUT2D eigenvalue weighted by atomic mass is 9.82. The quantitative estimate of drug-likeness (QED) is 0.774. The second-order valence-corrected chi connectivity index (χ2v) is 5.11. The van der Waals surface area contributed by atoms with Crippen LogP contribution in [0.1, 0.15) is 37.2 Å². The van der Waals surface area contributed by atoms with E-state index in [4.69, 9.17) is 0 Å². The molecule has 15 heavy (non-hydrogen) atoms. The van der Waals surface area contributed by atoms with Crippen LogP contribution in [0.5, 0.6) is 0 Å². The fraction of sp³-hybridized carbons (Fsp3) is 0.538. The predicted molar refractivity (Wildman–Crippen MR) is 65.4 cm³/mol. The molecule has 1 aromatic rings. The molecule has 1 nitrogen and oxygen atoms in total. The Morgan fingerprint density at radius 3 is 2.40 bits per heavy atom. The second kappa shape index (κ2) is 5.04. The van der Waals surface area contributed by atoms with Crippen molar-refractivity contribution in [3.05, 3.63) is 29.8 Å². The summed E-state index contributed by atoms with van der Waals surface area (Å²) < 4.78 is 0. The molecule has 1 fully saturated rings. The molecule has 0 radical (unpaired) electrons. The van der Waals surface area contributed by atoms with Gasteiger partial charge < -0.3 is 5.11 Å². The van der Waals surface area contributed by atoms with Gasteiger partial charge in [0.25, 0.3) is 0 Å². The van der Waals surface area contributed by atoms with E-state index in [1.165, 1.54) is 23.3 Å². The molecule has 0 aliphatic heterocycles. The minimum Gasteiger partial charge on any atom is -0.392 e. The third-order valence-corrected chi connectivity index (χ3v) is 4.02. The van der Waals surface area contributed by atoms with E-state index in [2.05, 4.69) is 30.5 Å². The Morgan fingerprint density at radius 1 is 1.13 bits per heavy atom. The standard InChI is InChI=1S/C13H18OS/c1-15-11-8-6-10(7-9-11)12-4-2-3-5-13(12)14/h6-9,12-14H,2-5H2,1H3. The average molecular weight is 222 g/mol. The summed E-state index contributed by atoms with van der Waals surface area (Å²) in [6.07, 6.45) is 6.50. The molecule has 2 unspecified atom stereocenters. The van der Waals surface area contributed by atoms with Crippen LogP contribution in [-0.2, 0) is 0 Å². The van der Waals surface area contributed by atoms with Crippen LogP contribution in [0.3, 0.4) is 0 Å². The Kier molecular flexibility index (Phi) is 3.71. The summed E-state index contributed by atoms with van der Waals surface area (Å²) in [7, 11) is 0. The van der Waals surface area contributed by atoms with Crippen LogP contribution in [0.4, 0.5) is 0 Å². The molecule has 1 aliphatic carbocycles. The van der Waals surface area contributed by atoms with Gasteiger partial charge in [0.2, 0.25) is 0 Å². The monoisotopic (exact) mass is 222 g/mol. The zero-order chi connectivity index (χ0) is 10.7. The highest BCUT2D eigenvalue weighted by Gasteiger charge is 2.24. The first kappa shape index (κ1) is 11.0. The highest BCUT2D eigenvalue weighted by atomic mass is 32.2. The van der Waals surface area contributed by atoms with Gasteiger partial charge in [0.1, 0.15) is 0 Å². The summed E-state index contributed by atoms with van der Waals surface area (Å²) in [5.74, 6) is 0.370. The van der Waals surface area contributed by atoms with Crippen LogP contribution < -0.4 is 0 Å². The SMILES string of the molecule is CSc1ccc(C2CCCCC2O)cc1. The first-order valence-electron chi connectivity index (χ1n) is 5.63. The van der Waals surface area contributed by atoms with Gasteiger partial charge >= 0.3 is 0 Å². The Labute approximate surface area is 95.9 Å². The summed E-state index contributed by atoms with van der Waals surface area (Å²) in [5, 5.41) is 9.94. The molecule has 1 aromatic carbocycles. The maximum Gasteiger partial charge on any atom is 0.0608 e. The number of benzene rings is 1. The topological polar surface area (TPSA) is 20.2 Å². The van der Waals surface area contributed by atoms with Crippen LogP contribution in [0.15, 0.2) is 29.2 Å². The third kappa shape index (κ3) is 2.56. The van der Waals surface area contributed by atoms with Crippen molar-refractivity contribution in [3.63, 3.8) is 0 Å². The van der Waals surface area contributed by atoms with Crippen LogP contribution in [-0.4, -0.2) is 17.5 Å². The fourth-order valence-corrected chi connectivity index (χ4v) is 2.76. The lowest BCUT2D eigenvalue weighted by Crippen LogP contribution is -2.22. The molecule has 0 heterocycles. The van der Waals surface area contributed by atoms with Crippen LogP contribution in [0.2, 0.25) is 0 Å². The van der Waals surface area contributed by atoms with Crippen molar-refractivity contribution in [2.45, 2.75) is 42.6 Å². The van der Waals surface area contributed by atoms with Gasteiger partial charge in [-0.2, -0.15) is 0 Å². The Morgan fingerprint density at radius 2 is 1.80 bits per heavy atom. The summed E-state index contributed by atoms with van der Waals surface area (Å²) in [5.41, 5.74) is 1.31. The zero-order valence-corrected chi connectivity index (χ0v) is 9.96. The Bertz CT molecular complexity index is 307. The number of thioether (sulfide) groups is 1. The Balaban J connectivity index is 2.13. The molecule has 0 bridgehead atoms. The molecule has 1 N–H and O–H groups in total.